The Labute approximate surface area is 207 Å². The molecule has 1 aliphatic rings. The third kappa shape index (κ3) is 5.98. The molecule has 0 radical (unpaired) electrons. The van der Waals surface area contributed by atoms with Crippen molar-refractivity contribution in [2.75, 3.05) is 30.8 Å². The van der Waals surface area contributed by atoms with E-state index >= 15 is 0 Å². The van der Waals surface area contributed by atoms with E-state index < -0.39 is 0 Å². The van der Waals surface area contributed by atoms with E-state index in [1.165, 1.54) is 6.42 Å². The molecule has 35 heavy (non-hydrogen) atoms. The fraction of sp³-hybridized carbons (Fsp3) is 0.321. The van der Waals surface area contributed by atoms with Crippen molar-refractivity contribution in [3.63, 3.8) is 0 Å². The summed E-state index contributed by atoms with van der Waals surface area (Å²) in [6.07, 6.45) is 5.27. The van der Waals surface area contributed by atoms with E-state index in [4.69, 9.17) is 10.1 Å². The maximum Gasteiger partial charge on any atom is 0.259 e. The lowest BCUT2D eigenvalue weighted by atomic mass is 10.1. The SMILES string of the molecule is COc1cc(C)cc(C(=O)Nc2ccc(C)cn2)c1NCc1ccc(C(=N)N2CCCCC2)cc1. The van der Waals surface area contributed by atoms with Gasteiger partial charge in [0.2, 0.25) is 0 Å². The summed E-state index contributed by atoms with van der Waals surface area (Å²) in [6, 6.07) is 15.5. The minimum absolute atomic E-state index is 0.254. The Bertz CT molecular complexity index is 1180. The van der Waals surface area contributed by atoms with Crippen molar-refractivity contribution in [2.24, 2.45) is 0 Å². The Kier molecular flexibility index (Phi) is 7.65. The number of hydrogen-bond acceptors (Lipinski definition) is 5. The van der Waals surface area contributed by atoms with Crippen LogP contribution >= 0.6 is 0 Å². The number of rotatable bonds is 7. The number of amides is 1. The average Bonchev–Trinajstić information content (AvgIpc) is 2.89. The van der Waals surface area contributed by atoms with Gasteiger partial charge in [0.25, 0.3) is 5.91 Å². The van der Waals surface area contributed by atoms with Crippen molar-refractivity contribution in [2.45, 2.75) is 39.7 Å². The molecule has 1 aliphatic heterocycles. The van der Waals surface area contributed by atoms with Gasteiger partial charge < -0.3 is 20.3 Å². The van der Waals surface area contributed by atoms with E-state index in [-0.39, 0.29) is 5.91 Å². The van der Waals surface area contributed by atoms with Gasteiger partial charge in [0, 0.05) is 31.4 Å². The molecule has 0 spiro atoms. The molecule has 3 N–H and O–H groups in total. The Morgan fingerprint density at radius 2 is 1.77 bits per heavy atom. The van der Waals surface area contributed by atoms with Gasteiger partial charge in [0.1, 0.15) is 17.4 Å². The first kappa shape index (κ1) is 24.3. The number of ether oxygens (including phenoxy) is 1. The van der Waals surface area contributed by atoms with Gasteiger partial charge in [-0.15, -0.1) is 0 Å². The van der Waals surface area contributed by atoms with E-state index in [0.29, 0.717) is 35.2 Å². The summed E-state index contributed by atoms with van der Waals surface area (Å²) >= 11 is 0. The molecule has 1 aromatic heterocycles. The average molecular weight is 472 g/mol. The van der Waals surface area contributed by atoms with Crippen LogP contribution in [0.1, 0.15) is 51.9 Å². The van der Waals surface area contributed by atoms with Gasteiger partial charge in [-0.3, -0.25) is 10.2 Å². The Balaban J connectivity index is 1.49. The number of benzene rings is 2. The van der Waals surface area contributed by atoms with Crippen LogP contribution in [0.3, 0.4) is 0 Å². The highest BCUT2D eigenvalue weighted by molar-refractivity contribution is 6.08. The molecule has 1 fully saturated rings. The topological polar surface area (TPSA) is 90.3 Å². The predicted molar refractivity (Wildman–Crippen MR) is 141 cm³/mol. The van der Waals surface area contributed by atoms with E-state index in [1.54, 1.807) is 19.4 Å². The lowest BCUT2D eigenvalue weighted by molar-refractivity contribution is 0.102. The largest absolute Gasteiger partial charge is 0.495 e. The molecule has 2 aromatic carbocycles. The molecule has 0 bridgehead atoms. The summed E-state index contributed by atoms with van der Waals surface area (Å²) in [6.45, 7) is 6.31. The standard InChI is InChI=1S/C28H33N5O2/c1-19-7-12-25(30-17-19)32-28(34)23-15-20(2)16-24(35-3)26(23)31-18-21-8-10-22(11-9-21)27(29)33-13-5-4-6-14-33/h7-12,15-17,29,31H,4-6,13-14,18H2,1-3H3,(H,30,32,34). The molecule has 182 valence electrons. The number of carbonyl (C=O) groups is 1. The normalized spacial score (nSPS) is 13.3. The van der Waals surface area contributed by atoms with Crippen LogP contribution < -0.4 is 15.4 Å². The quantitative estimate of drug-likeness (QED) is 0.318. The molecule has 3 aromatic rings. The Morgan fingerprint density at radius 3 is 2.43 bits per heavy atom. The summed E-state index contributed by atoms with van der Waals surface area (Å²) in [7, 11) is 1.60. The number of amidine groups is 1. The molecule has 0 aliphatic carbocycles. The fourth-order valence-electron chi connectivity index (χ4n) is 4.27. The molecule has 1 saturated heterocycles. The van der Waals surface area contributed by atoms with Gasteiger partial charge in [-0.1, -0.05) is 30.3 Å². The summed E-state index contributed by atoms with van der Waals surface area (Å²) in [5.74, 6) is 1.44. The molecule has 7 heteroatoms. The van der Waals surface area contributed by atoms with Gasteiger partial charge in [-0.05, 0) is 68.0 Å². The van der Waals surface area contributed by atoms with Crippen molar-refractivity contribution in [1.82, 2.24) is 9.88 Å². The van der Waals surface area contributed by atoms with Gasteiger partial charge in [0.15, 0.2) is 0 Å². The third-order valence-electron chi connectivity index (χ3n) is 6.23. The number of nitrogens with zero attached hydrogens (tertiary/aromatic N) is 2. The highest BCUT2D eigenvalue weighted by atomic mass is 16.5. The predicted octanol–water partition coefficient (Wildman–Crippen LogP) is 5.38. The number of nitrogens with one attached hydrogen (secondary N) is 3. The zero-order valence-electron chi connectivity index (χ0n) is 20.6. The monoisotopic (exact) mass is 471 g/mol. The number of hydrogen-bond donors (Lipinski definition) is 3. The first-order valence-corrected chi connectivity index (χ1v) is 12.0. The van der Waals surface area contributed by atoms with Crippen molar-refractivity contribution < 1.29 is 9.53 Å². The van der Waals surface area contributed by atoms with Gasteiger partial charge in [0.05, 0.1) is 18.4 Å². The van der Waals surface area contributed by atoms with Crippen LogP contribution in [0.5, 0.6) is 5.75 Å². The second kappa shape index (κ2) is 11.0. The molecule has 7 nitrogen and oxygen atoms in total. The van der Waals surface area contributed by atoms with Crippen molar-refractivity contribution in [3.8, 4) is 5.75 Å². The summed E-state index contributed by atoms with van der Waals surface area (Å²) in [5.41, 5.74) is 5.05. The first-order chi connectivity index (χ1) is 16.9. The van der Waals surface area contributed by atoms with E-state index in [0.717, 1.165) is 48.2 Å². The molecule has 0 saturated carbocycles. The minimum atomic E-state index is -0.254. The van der Waals surface area contributed by atoms with Crippen LogP contribution in [-0.2, 0) is 6.54 Å². The maximum atomic E-state index is 13.1. The zero-order chi connectivity index (χ0) is 24.8. The zero-order valence-corrected chi connectivity index (χ0v) is 20.6. The fourth-order valence-corrected chi connectivity index (χ4v) is 4.27. The van der Waals surface area contributed by atoms with Crippen LogP contribution in [-0.4, -0.2) is 41.8 Å². The summed E-state index contributed by atoms with van der Waals surface area (Å²) < 4.78 is 5.60. The van der Waals surface area contributed by atoms with Crippen molar-refractivity contribution >= 4 is 23.2 Å². The molecular weight excluding hydrogens is 438 g/mol. The number of likely N-dealkylation sites (tertiary alicyclic amines) is 1. The minimum Gasteiger partial charge on any atom is -0.495 e. The third-order valence-corrected chi connectivity index (χ3v) is 6.23. The van der Waals surface area contributed by atoms with Crippen LogP contribution in [0, 0.1) is 19.3 Å². The number of aryl methyl sites for hydroxylation is 2. The highest BCUT2D eigenvalue weighted by Gasteiger charge is 2.18. The number of aromatic nitrogens is 1. The van der Waals surface area contributed by atoms with Gasteiger partial charge in [-0.2, -0.15) is 0 Å². The van der Waals surface area contributed by atoms with Gasteiger partial charge >= 0.3 is 0 Å². The molecule has 2 heterocycles. The van der Waals surface area contributed by atoms with Crippen LogP contribution in [0.2, 0.25) is 0 Å². The number of methoxy groups -OCH3 is 1. The molecule has 0 atom stereocenters. The van der Waals surface area contributed by atoms with Crippen molar-refractivity contribution in [3.05, 3.63) is 82.5 Å². The molecular formula is C28H33N5O2. The molecule has 0 unspecified atom stereocenters. The smallest absolute Gasteiger partial charge is 0.259 e. The number of anilines is 2. The molecule has 4 rings (SSSR count). The van der Waals surface area contributed by atoms with Crippen LogP contribution in [0.4, 0.5) is 11.5 Å². The number of pyridine rings is 1. The molecule has 1 amide bonds. The highest BCUT2D eigenvalue weighted by Crippen LogP contribution is 2.31. The van der Waals surface area contributed by atoms with E-state index in [2.05, 4.69) is 20.5 Å². The number of piperidine rings is 1. The second-order valence-corrected chi connectivity index (χ2v) is 9.01. The van der Waals surface area contributed by atoms with Crippen LogP contribution in [0.25, 0.3) is 0 Å². The lowest BCUT2D eigenvalue weighted by Crippen LogP contribution is -2.35. The Hall–Kier alpha value is -3.87. The summed E-state index contributed by atoms with van der Waals surface area (Å²) in [5, 5.41) is 14.8. The summed E-state index contributed by atoms with van der Waals surface area (Å²) in [4.78, 5) is 19.6. The lowest BCUT2D eigenvalue weighted by Gasteiger charge is -2.29. The van der Waals surface area contributed by atoms with E-state index in [1.807, 2.05) is 56.3 Å². The second-order valence-electron chi connectivity index (χ2n) is 9.01. The van der Waals surface area contributed by atoms with Gasteiger partial charge in [-0.25, -0.2) is 4.98 Å². The van der Waals surface area contributed by atoms with Crippen LogP contribution in [0.15, 0.2) is 54.7 Å². The maximum absolute atomic E-state index is 13.1. The van der Waals surface area contributed by atoms with E-state index in [9.17, 15) is 4.79 Å². The Morgan fingerprint density at radius 1 is 1.03 bits per heavy atom. The number of carbonyl (C=O) groups excluding carboxylic acids is 1. The van der Waals surface area contributed by atoms with Crippen molar-refractivity contribution in [1.29, 1.82) is 5.41 Å². The first-order valence-electron chi connectivity index (χ1n) is 12.0.